The van der Waals surface area contributed by atoms with Gasteiger partial charge in [-0.2, -0.15) is 10.1 Å². The number of hydrogen-bond acceptors (Lipinski definition) is 6. The lowest BCUT2D eigenvalue weighted by atomic mass is 10.1. The predicted octanol–water partition coefficient (Wildman–Crippen LogP) is 4.36. The summed E-state index contributed by atoms with van der Waals surface area (Å²) in [6.07, 6.45) is 1.47. The molecule has 2 aromatic carbocycles. The van der Waals surface area contributed by atoms with Crippen LogP contribution in [0.4, 0.5) is 0 Å². The first-order valence-corrected chi connectivity index (χ1v) is 9.99. The van der Waals surface area contributed by atoms with Crippen molar-refractivity contribution in [3.8, 4) is 11.5 Å². The van der Waals surface area contributed by atoms with Gasteiger partial charge in [-0.25, -0.2) is 0 Å². The Balaban J connectivity index is 1.52. The molecule has 0 radical (unpaired) electrons. The number of carbonyl (C=O) groups excluding carboxylic acids is 2. The van der Waals surface area contributed by atoms with Crippen molar-refractivity contribution in [2.24, 2.45) is 5.10 Å². The van der Waals surface area contributed by atoms with Gasteiger partial charge < -0.3 is 9.47 Å². The van der Waals surface area contributed by atoms with Crippen molar-refractivity contribution in [1.82, 2.24) is 5.01 Å². The van der Waals surface area contributed by atoms with Crippen LogP contribution in [0.25, 0.3) is 0 Å². The average molecular weight is 406 g/mol. The molecule has 0 N–H and O–H groups in total. The maximum Gasteiger partial charge on any atom is 0.282 e. The minimum Gasteiger partial charge on any atom is -0.490 e. The number of rotatable bonds is 7. The summed E-state index contributed by atoms with van der Waals surface area (Å²) in [5.74, 6) is 0.346. The van der Waals surface area contributed by atoms with Crippen molar-refractivity contribution in [2.75, 3.05) is 6.61 Å². The van der Waals surface area contributed by atoms with Crippen LogP contribution >= 0.6 is 11.3 Å². The lowest BCUT2D eigenvalue weighted by Gasteiger charge is -2.12. The number of ether oxygens (including phenoxy) is 2. The summed E-state index contributed by atoms with van der Waals surface area (Å²) in [7, 11) is 0. The number of amides is 2. The molecule has 0 unspecified atom stereocenters. The standard InChI is InChI=1S/C22H18N2O4S/c1-2-27-20-12-15(9-10-19(20)28-14-16-6-5-11-29-16)13-23-24-21(25)17-7-3-4-8-18(17)22(24)26/h3-13H,2,14H2,1H3/b23-13-. The number of hydrogen-bond donors (Lipinski definition) is 0. The molecule has 0 atom stereocenters. The van der Waals surface area contributed by atoms with Crippen molar-refractivity contribution >= 4 is 29.4 Å². The van der Waals surface area contributed by atoms with Crippen LogP contribution < -0.4 is 9.47 Å². The van der Waals surface area contributed by atoms with Crippen LogP contribution in [-0.4, -0.2) is 29.6 Å². The number of hydrazone groups is 1. The molecular weight excluding hydrogens is 388 g/mol. The van der Waals surface area contributed by atoms with E-state index in [0.717, 1.165) is 9.89 Å². The molecule has 2 amide bonds. The van der Waals surface area contributed by atoms with Crippen LogP contribution in [0.2, 0.25) is 0 Å². The van der Waals surface area contributed by atoms with E-state index in [2.05, 4.69) is 5.10 Å². The molecule has 0 bridgehead atoms. The minimum atomic E-state index is -0.428. The van der Waals surface area contributed by atoms with Gasteiger partial charge in [0.25, 0.3) is 11.8 Å². The highest BCUT2D eigenvalue weighted by Gasteiger charge is 2.35. The fourth-order valence-corrected chi connectivity index (χ4v) is 3.56. The molecule has 6 nitrogen and oxygen atoms in total. The van der Waals surface area contributed by atoms with E-state index in [9.17, 15) is 9.59 Å². The Labute approximate surface area is 172 Å². The lowest BCUT2D eigenvalue weighted by molar-refractivity contribution is 0.0660. The predicted molar refractivity (Wildman–Crippen MR) is 111 cm³/mol. The van der Waals surface area contributed by atoms with Crippen LogP contribution in [0.3, 0.4) is 0 Å². The summed E-state index contributed by atoms with van der Waals surface area (Å²) in [5, 5.41) is 6.98. The summed E-state index contributed by atoms with van der Waals surface area (Å²) >= 11 is 1.63. The molecule has 4 rings (SSSR count). The van der Waals surface area contributed by atoms with Crippen LogP contribution in [0.5, 0.6) is 11.5 Å². The SMILES string of the molecule is CCOc1cc(/C=N\N2C(=O)c3ccccc3C2=O)ccc1OCc1cccs1. The lowest BCUT2D eigenvalue weighted by Crippen LogP contribution is -2.24. The van der Waals surface area contributed by atoms with Crippen molar-refractivity contribution in [3.63, 3.8) is 0 Å². The van der Waals surface area contributed by atoms with Gasteiger partial charge in [0.15, 0.2) is 11.5 Å². The molecule has 0 fully saturated rings. The fraction of sp³-hybridized carbons (Fsp3) is 0.136. The number of carbonyl (C=O) groups is 2. The number of benzene rings is 2. The van der Waals surface area contributed by atoms with Crippen molar-refractivity contribution < 1.29 is 19.1 Å². The highest BCUT2D eigenvalue weighted by atomic mass is 32.1. The minimum absolute atomic E-state index is 0.363. The summed E-state index contributed by atoms with van der Waals surface area (Å²) < 4.78 is 11.5. The van der Waals surface area contributed by atoms with E-state index in [4.69, 9.17) is 9.47 Å². The second kappa shape index (κ2) is 8.28. The van der Waals surface area contributed by atoms with E-state index in [1.807, 2.05) is 24.4 Å². The molecule has 0 spiro atoms. The van der Waals surface area contributed by atoms with Crippen molar-refractivity contribution in [1.29, 1.82) is 0 Å². The molecule has 0 saturated carbocycles. The molecule has 29 heavy (non-hydrogen) atoms. The Morgan fingerprint density at radius 1 is 0.966 bits per heavy atom. The number of fused-ring (bicyclic) bond motifs is 1. The third kappa shape index (κ3) is 3.90. The Kier molecular flexibility index (Phi) is 5.39. The molecule has 2 heterocycles. The number of imide groups is 1. The largest absolute Gasteiger partial charge is 0.490 e. The van der Waals surface area contributed by atoms with Crippen LogP contribution in [0.15, 0.2) is 65.1 Å². The van der Waals surface area contributed by atoms with E-state index in [0.29, 0.717) is 41.4 Å². The van der Waals surface area contributed by atoms with Gasteiger partial charge in [0.1, 0.15) is 6.61 Å². The zero-order valence-corrected chi connectivity index (χ0v) is 16.5. The van der Waals surface area contributed by atoms with Crippen molar-refractivity contribution in [2.45, 2.75) is 13.5 Å². The molecule has 146 valence electrons. The molecule has 1 aliphatic rings. The molecule has 3 aromatic rings. The molecule has 1 aliphatic heterocycles. The van der Waals surface area contributed by atoms with Gasteiger partial charge in [-0.15, -0.1) is 11.3 Å². The zero-order valence-electron chi connectivity index (χ0n) is 15.7. The average Bonchev–Trinajstić information content (AvgIpc) is 3.34. The normalized spacial score (nSPS) is 13.2. The number of nitrogens with zero attached hydrogens (tertiary/aromatic N) is 2. The first-order chi connectivity index (χ1) is 14.2. The van der Waals surface area contributed by atoms with Gasteiger partial charge in [0, 0.05) is 4.88 Å². The first kappa shape index (κ1) is 18.9. The zero-order chi connectivity index (χ0) is 20.2. The Hall–Kier alpha value is -3.45. The van der Waals surface area contributed by atoms with E-state index < -0.39 is 11.8 Å². The van der Waals surface area contributed by atoms with E-state index in [1.54, 1.807) is 53.8 Å². The van der Waals surface area contributed by atoms with E-state index in [1.165, 1.54) is 6.21 Å². The molecule has 0 saturated heterocycles. The number of thiophene rings is 1. The van der Waals surface area contributed by atoms with Gasteiger partial charge in [-0.05, 0) is 54.3 Å². The Bertz CT molecular complexity index is 1040. The summed E-state index contributed by atoms with van der Waals surface area (Å²) in [6, 6.07) is 16.0. The van der Waals surface area contributed by atoms with Gasteiger partial charge in [-0.3, -0.25) is 9.59 Å². The highest BCUT2D eigenvalue weighted by Crippen LogP contribution is 2.29. The fourth-order valence-electron chi connectivity index (χ4n) is 2.94. The molecular formula is C22H18N2O4S. The maximum atomic E-state index is 12.4. The topological polar surface area (TPSA) is 68.2 Å². The molecule has 1 aromatic heterocycles. The Morgan fingerprint density at radius 2 is 1.72 bits per heavy atom. The third-order valence-corrected chi connectivity index (χ3v) is 5.16. The van der Waals surface area contributed by atoms with Gasteiger partial charge in [0.2, 0.25) is 0 Å². The smallest absolute Gasteiger partial charge is 0.282 e. The van der Waals surface area contributed by atoms with Gasteiger partial charge >= 0.3 is 0 Å². The van der Waals surface area contributed by atoms with Crippen LogP contribution in [0.1, 0.15) is 38.1 Å². The summed E-state index contributed by atoms with van der Waals surface area (Å²) in [4.78, 5) is 25.9. The maximum absolute atomic E-state index is 12.4. The summed E-state index contributed by atoms with van der Waals surface area (Å²) in [5.41, 5.74) is 1.41. The second-order valence-corrected chi connectivity index (χ2v) is 7.25. The third-order valence-electron chi connectivity index (χ3n) is 4.31. The van der Waals surface area contributed by atoms with E-state index in [-0.39, 0.29) is 0 Å². The molecule has 7 heteroatoms. The van der Waals surface area contributed by atoms with Gasteiger partial charge in [0.05, 0.1) is 23.9 Å². The second-order valence-electron chi connectivity index (χ2n) is 6.22. The highest BCUT2D eigenvalue weighted by molar-refractivity contribution is 7.09. The van der Waals surface area contributed by atoms with Gasteiger partial charge in [-0.1, -0.05) is 18.2 Å². The van der Waals surface area contributed by atoms with Crippen LogP contribution in [-0.2, 0) is 6.61 Å². The van der Waals surface area contributed by atoms with Crippen molar-refractivity contribution in [3.05, 3.63) is 81.5 Å². The molecule has 0 aliphatic carbocycles. The van der Waals surface area contributed by atoms with Crippen LogP contribution in [0, 0.1) is 0 Å². The monoisotopic (exact) mass is 406 g/mol. The Morgan fingerprint density at radius 3 is 2.38 bits per heavy atom. The first-order valence-electron chi connectivity index (χ1n) is 9.11. The van der Waals surface area contributed by atoms with E-state index >= 15 is 0 Å². The quantitative estimate of drug-likeness (QED) is 0.432. The summed E-state index contributed by atoms with van der Waals surface area (Å²) in [6.45, 7) is 2.83.